The predicted molar refractivity (Wildman–Crippen MR) is 152 cm³/mol. The highest BCUT2D eigenvalue weighted by Crippen LogP contribution is 2.39. The second-order valence-corrected chi connectivity index (χ2v) is 10.9. The van der Waals surface area contributed by atoms with Crippen molar-refractivity contribution in [3.63, 3.8) is 0 Å². The third-order valence-electron chi connectivity index (χ3n) is 6.53. The van der Waals surface area contributed by atoms with Crippen LogP contribution >= 0.6 is 11.8 Å². The summed E-state index contributed by atoms with van der Waals surface area (Å²) in [4.78, 5) is 6.39. The molecule has 0 atom stereocenters. The highest BCUT2D eigenvalue weighted by Gasteiger charge is 2.22. The molecular weight excluding hydrogens is 496 g/mol. The van der Waals surface area contributed by atoms with Gasteiger partial charge in [-0.2, -0.15) is 0 Å². The Morgan fingerprint density at radius 3 is 2.58 bits per heavy atom. The molecule has 5 aromatic rings. The van der Waals surface area contributed by atoms with Gasteiger partial charge < -0.3 is 19.7 Å². The molecule has 8 nitrogen and oxygen atoms in total. The van der Waals surface area contributed by atoms with Gasteiger partial charge in [0.1, 0.15) is 11.5 Å². The van der Waals surface area contributed by atoms with Crippen LogP contribution < -0.4 is 0 Å². The first kappa shape index (κ1) is 25.8. The number of fused-ring (bicyclic) bond motifs is 1. The molecule has 0 unspecified atom stereocenters. The Morgan fingerprint density at radius 2 is 1.84 bits per heavy atom. The first-order valence-electron chi connectivity index (χ1n) is 12.6. The number of phenolic OH excluding ortho intramolecular Hbond substituents is 2. The molecule has 38 heavy (non-hydrogen) atoms. The molecule has 0 aliphatic carbocycles. The van der Waals surface area contributed by atoms with Gasteiger partial charge in [0.15, 0.2) is 11.0 Å². The molecule has 0 radical (unpaired) electrons. The minimum atomic E-state index is -0.0414. The zero-order valence-corrected chi connectivity index (χ0v) is 22.9. The fraction of sp³-hybridized carbons (Fsp3) is 0.276. The van der Waals surface area contributed by atoms with Crippen LogP contribution in [0.4, 0.5) is 0 Å². The summed E-state index contributed by atoms with van der Waals surface area (Å²) >= 11 is 1.56. The van der Waals surface area contributed by atoms with Gasteiger partial charge in [-0.1, -0.05) is 31.7 Å². The average Bonchev–Trinajstić information content (AvgIpc) is 3.50. The standard InChI is InChI=1S/C29H32N6O2S/c1-19(2)23-15-24(27(37)16-26(23)36)28-31-32-29(38-18-20-6-5-10-30-17-20)35(28)22-7-8-25-21(14-22)9-11-34(25)13-12-33(3)4/h5-11,14-17,19,36-37H,12-13,18H2,1-4H3. The minimum Gasteiger partial charge on any atom is -0.508 e. The lowest BCUT2D eigenvalue weighted by atomic mass is 9.98. The average molecular weight is 529 g/mol. The fourth-order valence-electron chi connectivity index (χ4n) is 4.47. The number of benzene rings is 2. The molecule has 2 aromatic carbocycles. The highest BCUT2D eigenvalue weighted by molar-refractivity contribution is 7.98. The number of aromatic hydroxyl groups is 2. The topological polar surface area (TPSA) is 92.2 Å². The maximum Gasteiger partial charge on any atom is 0.196 e. The van der Waals surface area contributed by atoms with Crippen molar-refractivity contribution in [2.24, 2.45) is 0 Å². The van der Waals surface area contributed by atoms with E-state index in [1.165, 1.54) is 6.07 Å². The number of likely N-dealkylation sites (N-methyl/N-ethyl adjacent to an activating group) is 1. The van der Waals surface area contributed by atoms with Crippen molar-refractivity contribution in [3.8, 4) is 28.6 Å². The van der Waals surface area contributed by atoms with Crippen LogP contribution in [0.1, 0.15) is 30.9 Å². The Labute approximate surface area is 226 Å². The maximum atomic E-state index is 10.9. The first-order chi connectivity index (χ1) is 18.3. The molecular formula is C29H32N6O2S. The Kier molecular flexibility index (Phi) is 7.40. The molecule has 0 aliphatic rings. The van der Waals surface area contributed by atoms with E-state index < -0.39 is 0 Å². The molecule has 0 amide bonds. The third-order valence-corrected chi connectivity index (χ3v) is 7.53. The van der Waals surface area contributed by atoms with Crippen LogP contribution in [0.5, 0.6) is 11.5 Å². The number of nitrogens with zero attached hydrogens (tertiary/aromatic N) is 6. The van der Waals surface area contributed by atoms with Crippen LogP contribution in [0.25, 0.3) is 28.0 Å². The fourth-order valence-corrected chi connectivity index (χ4v) is 5.35. The monoisotopic (exact) mass is 528 g/mol. The number of pyridine rings is 1. The van der Waals surface area contributed by atoms with E-state index in [2.05, 4.69) is 69.2 Å². The van der Waals surface area contributed by atoms with E-state index in [0.29, 0.717) is 22.3 Å². The molecule has 196 valence electrons. The van der Waals surface area contributed by atoms with E-state index in [1.54, 1.807) is 18.0 Å². The van der Waals surface area contributed by atoms with E-state index in [9.17, 15) is 10.2 Å². The second kappa shape index (κ2) is 10.9. The summed E-state index contributed by atoms with van der Waals surface area (Å²) in [7, 11) is 4.15. The van der Waals surface area contributed by atoms with Gasteiger partial charge in [0.25, 0.3) is 0 Å². The summed E-state index contributed by atoms with van der Waals surface area (Å²) in [6.45, 7) is 5.86. The molecule has 0 saturated carbocycles. The molecule has 3 heterocycles. The van der Waals surface area contributed by atoms with Gasteiger partial charge in [0.2, 0.25) is 0 Å². The Morgan fingerprint density at radius 1 is 1.00 bits per heavy atom. The minimum absolute atomic E-state index is 0.0414. The van der Waals surface area contributed by atoms with Crippen LogP contribution in [0.3, 0.4) is 0 Å². The summed E-state index contributed by atoms with van der Waals surface area (Å²) in [5, 5.41) is 32.1. The van der Waals surface area contributed by atoms with Crippen molar-refractivity contribution in [2.45, 2.75) is 37.2 Å². The van der Waals surface area contributed by atoms with Gasteiger partial charge in [-0.3, -0.25) is 9.55 Å². The van der Waals surface area contributed by atoms with Crippen molar-refractivity contribution >= 4 is 22.7 Å². The second-order valence-electron chi connectivity index (χ2n) is 9.93. The Bertz CT molecular complexity index is 1560. The number of aromatic nitrogens is 5. The van der Waals surface area contributed by atoms with Crippen molar-refractivity contribution in [1.29, 1.82) is 0 Å². The highest BCUT2D eigenvalue weighted by atomic mass is 32.2. The summed E-state index contributed by atoms with van der Waals surface area (Å²) in [6.07, 6.45) is 5.72. The predicted octanol–water partition coefficient (Wildman–Crippen LogP) is 5.67. The van der Waals surface area contributed by atoms with Crippen molar-refractivity contribution in [2.75, 3.05) is 20.6 Å². The lowest BCUT2D eigenvalue weighted by molar-refractivity contribution is 0.387. The molecule has 0 aliphatic heterocycles. The number of hydrogen-bond donors (Lipinski definition) is 2. The SMILES string of the molecule is CC(C)c1cc(-c2nnc(SCc3cccnc3)n2-c2ccc3c(ccn3CCN(C)C)c2)c(O)cc1O. The van der Waals surface area contributed by atoms with E-state index >= 15 is 0 Å². The van der Waals surface area contributed by atoms with Crippen LogP contribution in [0, 0.1) is 0 Å². The van der Waals surface area contributed by atoms with E-state index in [-0.39, 0.29) is 17.4 Å². The van der Waals surface area contributed by atoms with Crippen molar-refractivity contribution in [3.05, 3.63) is 78.2 Å². The molecule has 5 rings (SSSR count). The molecule has 0 spiro atoms. The van der Waals surface area contributed by atoms with Crippen LogP contribution in [-0.2, 0) is 12.3 Å². The smallest absolute Gasteiger partial charge is 0.196 e. The van der Waals surface area contributed by atoms with E-state index in [1.807, 2.05) is 42.8 Å². The number of rotatable bonds is 9. The normalized spacial score (nSPS) is 11.7. The zero-order valence-electron chi connectivity index (χ0n) is 22.0. The zero-order chi connectivity index (χ0) is 26.8. The van der Waals surface area contributed by atoms with Crippen molar-refractivity contribution < 1.29 is 10.2 Å². The Balaban J connectivity index is 1.61. The first-order valence-corrected chi connectivity index (χ1v) is 13.6. The number of phenols is 2. The molecule has 2 N–H and O–H groups in total. The van der Waals surface area contributed by atoms with Gasteiger partial charge in [-0.25, -0.2) is 0 Å². The van der Waals surface area contributed by atoms with E-state index in [4.69, 9.17) is 0 Å². The summed E-state index contributed by atoms with van der Waals surface area (Å²) < 4.78 is 4.23. The molecule has 0 saturated heterocycles. The summed E-state index contributed by atoms with van der Waals surface area (Å²) in [5.41, 5.74) is 4.40. The number of hydrogen-bond acceptors (Lipinski definition) is 7. The molecule has 9 heteroatoms. The third kappa shape index (κ3) is 5.25. The maximum absolute atomic E-state index is 10.9. The van der Waals surface area contributed by atoms with Gasteiger partial charge >= 0.3 is 0 Å². The molecule has 0 fully saturated rings. The van der Waals surface area contributed by atoms with Crippen LogP contribution in [-0.4, -0.2) is 60.1 Å². The van der Waals surface area contributed by atoms with Crippen LogP contribution in [0.15, 0.2) is 72.3 Å². The molecule has 0 bridgehead atoms. The van der Waals surface area contributed by atoms with Gasteiger partial charge in [0, 0.05) is 54.4 Å². The summed E-state index contributed by atoms with van der Waals surface area (Å²) in [6, 6.07) is 15.6. The quantitative estimate of drug-likeness (QED) is 0.238. The number of thioether (sulfide) groups is 1. The van der Waals surface area contributed by atoms with Gasteiger partial charge in [0.05, 0.1) is 11.3 Å². The van der Waals surface area contributed by atoms with Crippen LogP contribution in [0.2, 0.25) is 0 Å². The largest absolute Gasteiger partial charge is 0.508 e. The van der Waals surface area contributed by atoms with E-state index in [0.717, 1.165) is 40.8 Å². The van der Waals surface area contributed by atoms with Crippen molar-refractivity contribution in [1.82, 2.24) is 29.2 Å². The van der Waals surface area contributed by atoms with Gasteiger partial charge in [-0.15, -0.1) is 10.2 Å². The lowest BCUT2D eigenvalue weighted by Gasteiger charge is -2.15. The van der Waals surface area contributed by atoms with Gasteiger partial charge in [-0.05, 0) is 67.5 Å². The summed E-state index contributed by atoms with van der Waals surface area (Å²) in [5.74, 6) is 1.29. The lowest BCUT2D eigenvalue weighted by Crippen LogP contribution is -2.17. The molecule has 3 aromatic heterocycles. The Hall–Kier alpha value is -3.82.